The molecule has 1 aromatic heterocycles. The van der Waals surface area contributed by atoms with E-state index in [2.05, 4.69) is 15.5 Å². The van der Waals surface area contributed by atoms with E-state index in [-0.39, 0.29) is 24.2 Å². The lowest BCUT2D eigenvalue weighted by Crippen LogP contribution is -2.15. The Kier molecular flexibility index (Phi) is 7.88. The molecule has 0 radical (unpaired) electrons. The minimum atomic E-state index is -0.388. The molecule has 0 spiro atoms. The number of thioether (sulfide) groups is 1. The molecule has 0 aliphatic rings. The fourth-order valence-corrected chi connectivity index (χ4v) is 3.72. The van der Waals surface area contributed by atoms with Crippen LogP contribution in [0.4, 0.5) is 5.69 Å². The smallest absolute Gasteiger partial charge is 0.338 e. The summed E-state index contributed by atoms with van der Waals surface area (Å²) in [5.41, 5.74) is 3.17. The van der Waals surface area contributed by atoms with Crippen molar-refractivity contribution < 1.29 is 19.1 Å². The number of hydrogen-bond donors (Lipinski definition) is 1. The Morgan fingerprint density at radius 1 is 1.06 bits per heavy atom. The molecule has 168 valence electrons. The third-order valence-electron chi connectivity index (χ3n) is 4.69. The minimum Gasteiger partial charge on any atom is -0.485 e. The molecule has 9 heteroatoms. The zero-order chi connectivity index (χ0) is 23.1. The molecular formula is C23H26N4O4S. The lowest BCUT2D eigenvalue weighted by molar-refractivity contribution is -0.113. The van der Waals surface area contributed by atoms with Gasteiger partial charge in [-0.3, -0.25) is 4.79 Å². The summed E-state index contributed by atoms with van der Waals surface area (Å²) in [4.78, 5) is 24.0. The van der Waals surface area contributed by atoms with Crippen molar-refractivity contribution in [1.29, 1.82) is 0 Å². The molecule has 1 N–H and O–H groups in total. The molecule has 3 aromatic rings. The average molecular weight is 455 g/mol. The summed E-state index contributed by atoms with van der Waals surface area (Å²) >= 11 is 1.29. The van der Waals surface area contributed by atoms with Crippen LogP contribution >= 0.6 is 11.8 Å². The molecule has 0 atom stereocenters. The SMILES string of the molecule is CCOC(=O)c1ccc(NC(=O)CSc2nnc(COc3c(C)cccc3C)n2C)cc1. The topological polar surface area (TPSA) is 95.3 Å². The second-order valence-electron chi connectivity index (χ2n) is 7.10. The molecule has 0 aliphatic heterocycles. The molecular weight excluding hydrogens is 428 g/mol. The van der Waals surface area contributed by atoms with Crippen molar-refractivity contribution in [2.75, 3.05) is 17.7 Å². The zero-order valence-corrected chi connectivity index (χ0v) is 19.4. The van der Waals surface area contributed by atoms with Crippen LogP contribution in [0, 0.1) is 13.8 Å². The van der Waals surface area contributed by atoms with E-state index in [1.54, 1.807) is 31.2 Å². The Morgan fingerprint density at radius 3 is 2.41 bits per heavy atom. The van der Waals surface area contributed by atoms with Gasteiger partial charge in [-0.25, -0.2) is 4.79 Å². The molecule has 0 unspecified atom stereocenters. The number of carbonyl (C=O) groups excluding carboxylic acids is 2. The van der Waals surface area contributed by atoms with Gasteiger partial charge in [0.25, 0.3) is 0 Å². The van der Waals surface area contributed by atoms with Crippen molar-refractivity contribution in [2.24, 2.45) is 7.05 Å². The van der Waals surface area contributed by atoms with E-state index in [9.17, 15) is 9.59 Å². The van der Waals surface area contributed by atoms with Gasteiger partial charge in [-0.2, -0.15) is 0 Å². The standard InChI is InChI=1S/C23H26N4O4S/c1-5-30-22(29)17-9-11-18(12-10-17)24-20(28)14-32-23-26-25-19(27(23)4)13-31-21-15(2)7-6-8-16(21)3/h6-12H,5,13-14H2,1-4H3,(H,24,28). The van der Waals surface area contributed by atoms with Gasteiger partial charge in [0.05, 0.1) is 17.9 Å². The molecule has 1 heterocycles. The first-order valence-corrected chi connectivity index (χ1v) is 11.1. The predicted octanol–water partition coefficient (Wildman–Crippen LogP) is 3.92. The highest BCUT2D eigenvalue weighted by atomic mass is 32.2. The van der Waals surface area contributed by atoms with E-state index >= 15 is 0 Å². The molecule has 32 heavy (non-hydrogen) atoms. The molecule has 8 nitrogen and oxygen atoms in total. The quantitative estimate of drug-likeness (QED) is 0.387. The summed E-state index contributed by atoms with van der Waals surface area (Å²) in [6.45, 7) is 6.36. The van der Waals surface area contributed by atoms with Crippen LogP contribution in [0.25, 0.3) is 0 Å². The van der Waals surface area contributed by atoms with Gasteiger partial charge in [-0.1, -0.05) is 30.0 Å². The number of nitrogens with zero attached hydrogens (tertiary/aromatic N) is 3. The van der Waals surface area contributed by atoms with Crippen LogP contribution in [0.15, 0.2) is 47.6 Å². The third kappa shape index (κ3) is 5.88. The molecule has 0 bridgehead atoms. The number of aromatic nitrogens is 3. The van der Waals surface area contributed by atoms with E-state index in [1.807, 2.05) is 43.7 Å². The maximum absolute atomic E-state index is 12.3. The number of carbonyl (C=O) groups is 2. The number of para-hydroxylation sites is 1. The molecule has 0 saturated carbocycles. The van der Waals surface area contributed by atoms with E-state index in [4.69, 9.17) is 9.47 Å². The van der Waals surface area contributed by atoms with Gasteiger partial charge in [-0.05, 0) is 56.2 Å². The molecule has 0 aliphatic carbocycles. The monoisotopic (exact) mass is 454 g/mol. The van der Waals surface area contributed by atoms with E-state index in [1.165, 1.54) is 11.8 Å². The van der Waals surface area contributed by atoms with Crippen molar-refractivity contribution in [3.8, 4) is 5.75 Å². The summed E-state index contributed by atoms with van der Waals surface area (Å²) in [5.74, 6) is 1.11. The first-order valence-electron chi connectivity index (χ1n) is 10.2. The number of benzene rings is 2. The van der Waals surface area contributed by atoms with Crippen molar-refractivity contribution in [3.63, 3.8) is 0 Å². The van der Waals surface area contributed by atoms with Crippen LogP contribution in [0.3, 0.4) is 0 Å². The highest BCUT2D eigenvalue weighted by Crippen LogP contribution is 2.24. The number of aryl methyl sites for hydroxylation is 2. The summed E-state index contributed by atoms with van der Waals surface area (Å²) in [7, 11) is 1.84. The van der Waals surface area contributed by atoms with Gasteiger partial charge in [0.2, 0.25) is 5.91 Å². The van der Waals surface area contributed by atoms with Crippen LogP contribution < -0.4 is 10.1 Å². The summed E-state index contributed by atoms with van der Waals surface area (Å²) in [5, 5.41) is 11.8. The second kappa shape index (κ2) is 10.8. The highest BCUT2D eigenvalue weighted by Gasteiger charge is 2.14. The number of esters is 1. The molecule has 1 amide bonds. The number of hydrogen-bond acceptors (Lipinski definition) is 7. The molecule has 0 saturated heterocycles. The number of amides is 1. The normalized spacial score (nSPS) is 10.6. The first kappa shape index (κ1) is 23.3. The molecule has 2 aromatic carbocycles. The number of nitrogens with one attached hydrogen (secondary N) is 1. The largest absolute Gasteiger partial charge is 0.485 e. The second-order valence-corrected chi connectivity index (χ2v) is 8.04. The third-order valence-corrected chi connectivity index (χ3v) is 5.71. The maximum atomic E-state index is 12.3. The summed E-state index contributed by atoms with van der Waals surface area (Å²) in [6.07, 6.45) is 0. The Morgan fingerprint density at radius 2 is 1.75 bits per heavy atom. The van der Waals surface area contributed by atoms with Gasteiger partial charge in [0, 0.05) is 12.7 Å². The summed E-state index contributed by atoms with van der Waals surface area (Å²) in [6, 6.07) is 12.6. The Labute approximate surface area is 191 Å². The van der Waals surface area contributed by atoms with Crippen molar-refractivity contribution in [1.82, 2.24) is 14.8 Å². The van der Waals surface area contributed by atoms with Gasteiger partial charge < -0.3 is 19.4 Å². The van der Waals surface area contributed by atoms with Crippen molar-refractivity contribution in [3.05, 3.63) is 65.0 Å². The van der Waals surface area contributed by atoms with Gasteiger partial charge >= 0.3 is 5.97 Å². The fourth-order valence-electron chi connectivity index (χ4n) is 2.99. The fraction of sp³-hybridized carbons (Fsp3) is 0.304. The van der Waals surface area contributed by atoms with Gasteiger partial charge in [-0.15, -0.1) is 10.2 Å². The van der Waals surface area contributed by atoms with E-state index in [0.717, 1.165) is 16.9 Å². The Bertz CT molecular complexity index is 1080. The van der Waals surface area contributed by atoms with Crippen LogP contribution in [0.5, 0.6) is 5.75 Å². The zero-order valence-electron chi connectivity index (χ0n) is 18.5. The van der Waals surface area contributed by atoms with Crippen LogP contribution in [0.1, 0.15) is 34.2 Å². The Hall–Kier alpha value is -3.33. The lowest BCUT2D eigenvalue weighted by atomic mass is 10.1. The van der Waals surface area contributed by atoms with Crippen molar-refractivity contribution in [2.45, 2.75) is 32.5 Å². The number of anilines is 1. The van der Waals surface area contributed by atoms with Crippen LogP contribution in [-0.4, -0.2) is 39.0 Å². The van der Waals surface area contributed by atoms with Crippen LogP contribution in [0.2, 0.25) is 0 Å². The first-order chi connectivity index (χ1) is 15.4. The number of ether oxygens (including phenoxy) is 2. The van der Waals surface area contributed by atoms with Gasteiger partial charge in [0.15, 0.2) is 11.0 Å². The van der Waals surface area contributed by atoms with E-state index in [0.29, 0.717) is 28.8 Å². The van der Waals surface area contributed by atoms with Crippen molar-refractivity contribution >= 4 is 29.3 Å². The van der Waals surface area contributed by atoms with Crippen LogP contribution in [-0.2, 0) is 23.2 Å². The summed E-state index contributed by atoms with van der Waals surface area (Å²) < 4.78 is 12.7. The molecule has 0 fully saturated rings. The lowest BCUT2D eigenvalue weighted by Gasteiger charge is -2.11. The minimum absolute atomic E-state index is 0.170. The molecule has 3 rings (SSSR count). The highest BCUT2D eigenvalue weighted by molar-refractivity contribution is 7.99. The Balaban J connectivity index is 1.52. The van der Waals surface area contributed by atoms with E-state index < -0.39 is 0 Å². The van der Waals surface area contributed by atoms with Gasteiger partial charge in [0.1, 0.15) is 12.4 Å². The number of rotatable bonds is 9. The average Bonchev–Trinajstić information content (AvgIpc) is 3.12. The predicted molar refractivity (Wildman–Crippen MR) is 123 cm³/mol. The maximum Gasteiger partial charge on any atom is 0.338 e.